The molecule has 0 fully saturated rings. The van der Waals surface area contributed by atoms with Gasteiger partial charge in [-0.3, -0.25) is 9.59 Å². The molecule has 3 aromatic rings. The van der Waals surface area contributed by atoms with Crippen molar-refractivity contribution in [2.45, 2.75) is 12.8 Å². The minimum Gasteiger partial charge on any atom is -0.267 e. The summed E-state index contributed by atoms with van der Waals surface area (Å²) >= 11 is 0. The van der Waals surface area contributed by atoms with Gasteiger partial charge in [-0.15, -0.1) is 0 Å². The summed E-state index contributed by atoms with van der Waals surface area (Å²) in [5.41, 5.74) is 5.71. The number of benzene rings is 2. The van der Waals surface area contributed by atoms with Crippen LogP contribution in [0, 0.1) is 0 Å². The normalized spacial score (nSPS) is 14.7. The molecule has 25 heavy (non-hydrogen) atoms. The second-order valence-electron chi connectivity index (χ2n) is 5.98. The van der Waals surface area contributed by atoms with Gasteiger partial charge in [-0.1, -0.05) is 42.5 Å². The summed E-state index contributed by atoms with van der Waals surface area (Å²) in [6.07, 6.45) is 1.72. The molecule has 124 valence electrons. The molecule has 1 N–H and O–H groups in total. The predicted molar refractivity (Wildman–Crippen MR) is 95.8 cm³/mol. The zero-order valence-electron chi connectivity index (χ0n) is 13.7. The van der Waals surface area contributed by atoms with Gasteiger partial charge in [-0.2, -0.15) is 10.2 Å². The lowest BCUT2D eigenvalue weighted by atomic mass is 10.1. The highest BCUT2D eigenvalue weighted by Gasteiger charge is 2.19. The topological polar surface area (TPSA) is 76.3 Å². The van der Waals surface area contributed by atoms with Gasteiger partial charge in [0, 0.05) is 18.0 Å². The summed E-state index contributed by atoms with van der Waals surface area (Å²) in [6.45, 7) is 0. The Morgan fingerprint density at radius 1 is 1.08 bits per heavy atom. The first-order valence-corrected chi connectivity index (χ1v) is 8.06. The number of carbonyl (C=O) groups excluding carboxylic acids is 1. The number of aryl methyl sites for hydroxylation is 2. The van der Waals surface area contributed by atoms with E-state index >= 15 is 0 Å². The molecule has 6 heteroatoms. The van der Waals surface area contributed by atoms with Crippen LogP contribution in [-0.4, -0.2) is 21.4 Å². The minimum atomic E-state index is -0.427. The summed E-state index contributed by atoms with van der Waals surface area (Å²) < 4.78 is 1.18. The Hall–Kier alpha value is -3.28. The zero-order valence-corrected chi connectivity index (χ0v) is 13.7. The summed E-state index contributed by atoms with van der Waals surface area (Å²) in [5.74, 6) is -0.427. The minimum absolute atomic E-state index is 0.188. The Morgan fingerprint density at radius 3 is 2.64 bits per heavy atom. The van der Waals surface area contributed by atoms with Gasteiger partial charge < -0.3 is 0 Å². The second kappa shape index (κ2) is 5.98. The molecule has 4 rings (SSSR count). The summed E-state index contributed by atoms with van der Waals surface area (Å²) in [4.78, 5) is 24.7. The molecule has 1 aliphatic carbocycles. The third kappa shape index (κ3) is 2.61. The number of rotatable bonds is 2. The van der Waals surface area contributed by atoms with Crippen molar-refractivity contribution in [1.29, 1.82) is 0 Å². The number of hydrazone groups is 1. The molecular weight excluding hydrogens is 316 g/mol. The summed E-state index contributed by atoms with van der Waals surface area (Å²) in [5, 5.41) is 9.39. The van der Waals surface area contributed by atoms with E-state index in [-0.39, 0.29) is 11.3 Å². The van der Waals surface area contributed by atoms with E-state index in [1.807, 2.05) is 18.2 Å². The number of carbonyl (C=O) groups is 1. The third-order valence-corrected chi connectivity index (χ3v) is 4.42. The van der Waals surface area contributed by atoms with Crippen molar-refractivity contribution in [3.8, 4) is 0 Å². The van der Waals surface area contributed by atoms with Crippen molar-refractivity contribution in [2.24, 2.45) is 12.1 Å². The molecule has 0 aliphatic heterocycles. The molecular formula is C19H16N4O2. The maximum absolute atomic E-state index is 12.6. The van der Waals surface area contributed by atoms with Crippen LogP contribution in [0.15, 0.2) is 58.4 Å². The Morgan fingerprint density at radius 2 is 1.80 bits per heavy atom. The third-order valence-electron chi connectivity index (χ3n) is 4.42. The SMILES string of the molecule is Cn1nc(C(=O)N/N=C2/CCc3ccccc32)c2ccccc2c1=O. The quantitative estimate of drug-likeness (QED) is 0.729. The predicted octanol–water partition coefficient (Wildman–Crippen LogP) is 2.01. The molecule has 0 atom stereocenters. The lowest BCUT2D eigenvalue weighted by Gasteiger charge is -2.07. The van der Waals surface area contributed by atoms with E-state index in [0.717, 1.165) is 24.1 Å². The van der Waals surface area contributed by atoms with Crippen LogP contribution in [0.1, 0.15) is 28.0 Å². The van der Waals surface area contributed by atoms with E-state index in [2.05, 4.69) is 21.7 Å². The van der Waals surface area contributed by atoms with Crippen molar-refractivity contribution in [2.75, 3.05) is 0 Å². The van der Waals surface area contributed by atoms with Crippen molar-refractivity contribution in [3.63, 3.8) is 0 Å². The molecule has 2 aromatic carbocycles. The van der Waals surface area contributed by atoms with Crippen LogP contribution in [0.2, 0.25) is 0 Å². The average Bonchev–Trinajstić information content (AvgIpc) is 3.06. The highest BCUT2D eigenvalue weighted by atomic mass is 16.2. The lowest BCUT2D eigenvalue weighted by Crippen LogP contribution is -2.27. The van der Waals surface area contributed by atoms with E-state index in [1.54, 1.807) is 24.3 Å². The Bertz CT molecular complexity index is 1080. The molecule has 6 nitrogen and oxygen atoms in total. The van der Waals surface area contributed by atoms with Crippen molar-refractivity contribution in [3.05, 3.63) is 75.7 Å². The number of fused-ring (bicyclic) bond motifs is 2. The summed E-state index contributed by atoms with van der Waals surface area (Å²) in [7, 11) is 1.53. The van der Waals surface area contributed by atoms with Gasteiger partial charge in [-0.25, -0.2) is 10.1 Å². The molecule has 0 radical (unpaired) electrons. The maximum Gasteiger partial charge on any atom is 0.292 e. The fraction of sp³-hybridized carbons (Fsp3) is 0.158. The zero-order chi connectivity index (χ0) is 17.4. The number of hydrogen-bond acceptors (Lipinski definition) is 4. The number of nitrogens with zero attached hydrogens (tertiary/aromatic N) is 3. The number of hydrogen-bond donors (Lipinski definition) is 1. The molecule has 0 spiro atoms. The van der Waals surface area contributed by atoms with E-state index in [9.17, 15) is 9.59 Å². The van der Waals surface area contributed by atoms with Crippen LogP contribution in [0.5, 0.6) is 0 Å². The number of amides is 1. The molecule has 0 bridgehead atoms. The Balaban J connectivity index is 1.69. The van der Waals surface area contributed by atoms with Crippen LogP contribution in [0.25, 0.3) is 10.8 Å². The molecule has 0 saturated carbocycles. The Kier molecular flexibility index (Phi) is 3.65. The van der Waals surface area contributed by atoms with Gasteiger partial charge >= 0.3 is 0 Å². The van der Waals surface area contributed by atoms with Gasteiger partial charge in [0.05, 0.1) is 11.1 Å². The first kappa shape index (κ1) is 15.3. The number of nitrogens with one attached hydrogen (secondary N) is 1. The molecule has 0 saturated heterocycles. The van der Waals surface area contributed by atoms with Gasteiger partial charge in [0.25, 0.3) is 11.5 Å². The van der Waals surface area contributed by atoms with Gasteiger partial charge in [0.15, 0.2) is 5.69 Å². The Labute approximate surface area is 143 Å². The van der Waals surface area contributed by atoms with E-state index in [0.29, 0.717) is 10.8 Å². The van der Waals surface area contributed by atoms with Crippen LogP contribution in [0.3, 0.4) is 0 Å². The molecule has 1 heterocycles. The average molecular weight is 332 g/mol. The number of aromatic nitrogens is 2. The summed E-state index contributed by atoms with van der Waals surface area (Å²) in [6, 6.07) is 15.0. The van der Waals surface area contributed by atoms with Gasteiger partial charge in [-0.05, 0) is 24.5 Å². The highest BCUT2D eigenvalue weighted by molar-refractivity contribution is 6.07. The van der Waals surface area contributed by atoms with Gasteiger partial charge in [0.2, 0.25) is 0 Å². The van der Waals surface area contributed by atoms with Crippen molar-refractivity contribution in [1.82, 2.24) is 15.2 Å². The van der Waals surface area contributed by atoms with Gasteiger partial charge in [0.1, 0.15) is 0 Å². The maximum atomic E-state index is 12.6. The lowest BCUT2D eigenvalue weighted by molar-refractivity contribution is 0.0949. The van der Waals surface area contributed by atoms with Crippen LogP contribution in [0.4, 0.5) is 0 Å². The first-order chi connectivity index (χ1) is 12.1. The second-order valence-corrected chi connectivity index (χ2v) is 5.98. The molecule has 1 amide bonds. The fourth-order valence-corrected chi connectivity index (χ4v) is 3.16. The highest BCUT2D eigenvalue weighted by Crippen LogP contribution is 2.21. The van der Waals surface area contributed by atoms with Crippen LogP contribution < -0.4 is 11.0 Å². The first-order valence-electron chi connectivity index (χ1n) is 8.06. The largest absolute Gasteiger partial charge is 0.292 e. The fourth-order valence-electron chi connectivity index (χ4n) is 3.16. The standard InChI is InChI=1S/C19H16N4O2/c1-23-19(25)15-9-5-4-8-14(15)17(22-23)18(24)21-20-16-11-10-12-6-2-3-7-13(12)16/h2-9H,10-11H2,1H3,(H,21,24)/b20-16-. The van der Waals surface area contributed by atoms with Crippen LogP contribution in [-0.2, 0) is 13.5 Å². The molecule has 1 aromatic heterocycles. The van der Waals surface area contributed by atoms with Crippen LogP contribution >= 0.6 is 0 Å². The van der Waals surface area contributed by atoms with E-state index < -0.39 is 5.91 Å². The van der Waals surface area contributed by atoms with Crippen molar-refractivity contribution >= 4 is 22.4 Å². The monoisotopic (exact) mass is 332 g/mol. The molecule has 1 aliphatic rings. The smallest absolute Gasteiger partial charge is 0.267 e. The van der Waals surface area contributed by atoms with E-state index in [4.69, 9.17) is 0 Å². The van der Waals surface area contributed by atoms with Crippen molar-refractivity contribution < 1.29 is 4.79 Å². The molecule has 0 unspecified atom stereocenters. The van der Waals surface area contributed by atoms with E-state index in [1.165, 1.54) is 17.3 Å².